The molecule has 0 spiro atoms. The van der Waals surface area contributed by atoms with Crippen molar-refractivity contribution in [1.29, 1.82) is 0 Å². The van der Waals surface area contributed by atoms with Gasteiger partial charge in [0.2, 0.25) is 5.91 Å². The van der Waals surface area contributed by atoms with Gasteiger partial charge in [-0.25, -0.2) is 0 Å². The normalized spacial score (nSPS) is 27.9. The van der Waals surface area contributed by atoms with Gasteiger partial charge < -0.3 is 20.4 Å². The fraction of sp³-hybridized carbons (Fsp3) is 0.933. The summed E-state index contributed by atoms with van der Waals surface area (Å²) in [6.45, 7) is 8.29. The molecule has 0 aliphatic carbocycles. The highest BCUT2D eigenvalue weighted by Crippen LogP contribution is 2.20. The summed E-state index contributed by atoms with van der Waals surface area (Å²) in [6.07, 6.45) is 5.06. The van der Waals surface area contributed by atoms with E-state index in [0.717, 1.165) is 25.6 Å². The molecule has 0 aromatic heterocycles. The number of hydrogen-bond donors (Lipinski definition) is 2. The first-order valence-electron chi connectivity index (χ1n) is 8.26. The fourth-order valence-electron chi connectivity index (χ4n) is 3.89. The Balaban J connectivity index is 0.00000121. The summed E-state index contributed by atoms with van der Waals surface area (Å²) >= 11 is 0. The van der Waals surface area contributed by atoms with Gasteiger partial charge in [0.25, 0.3) is 0 Å². The van der Waals surface area contributed by atoms with Gasteiger partial charge in [0.1, 0.15) is 0 Å². The van der Waals surface area contributed by atoms with Gasteiger partial charge >= 0.3 is 0 Å². The minimum absolute atomic E-state index is 0. The number of rotatable bonds is 3. The highest BCUT2D eigenvalue weighted by molar-refractivity contribution is 5.85. The lowest BCUT2D eigenvalue weighted by Gasteiger charge is -2.42. The van der Waals surface area contributed by atoms with Gasteiger partial charge in [0.15, 0.2) is 0 Å². The zero-order chi connectivity index (χ0) is 13.8. The summed E-state index contributed by atoms with van der Waals surface area (Å²) in [5.41, 5.74) is 0. The van der Waals surface area contributed by atoms with Crippen LogP contribution in [0.3, 0.4) is 0 Å². The van der Waals surface area contributed by atoms with Crippen LogP contribution in [0.1, 0.15) is 25.7 Å². The lowest BCUT2D eigenvalue weighted by atomic mass is 9.95. The van der Waals surface area contributed by atoms with Crippen LogP contribution in [0, 0.1) is 5.92 Å². The average Bonchev–Trinajstić information content (AvgIpc) is 2.49. The number of piperidine rings is 2. The van der Waals surface area contributed by atoms with Crippen LogP contribution in [-0.2, 0) is 4.79 Å². The molecule has 0 aromatic rings. The molecule has 0 radical (unpaired) electrons. The lowest BCUT2D eigenvalue weighted by Crippen LogP contribution is -2.57. The summed E-state index contributed by atoms with van der Waals surface area (Å²) in [4.78, 5) is 16.8. The zero-order valence-electron chi connectivity index (χ0n) is 13.3. The molecule has 3 heterocycles. The van der Waals surface area contributed by atoms with Crippen LogP contribution in [0.15, 0.2) is 0 Å². The van der Waals surface area contributed by atoms with Crippen molar-refractivity contribution in [3.8, 4) is 0 Å². The second kappa shape index (κ2) is 9.93. The Labute approximate surface area is 146 Å². The Morgan fingerprint density at radius 3 is 2.50 bits per heavy atom. The first kappa shape index (κ1) is 20.0. The van der Waals surface area contributed by atoms with Gasteiger partial charge in [-0.3, -0.25) is 4.79 Å². The molecule has 3 rings (SSSR count). The maximum Gasteiger partial charge on any atom is 0.236 e. The monoisotopic (exact) mass is 352 g/mol. The number of carbonyl (C=O) groups excluding carboxylic acids is 1. The molecule has 1 amide bonds. The number of halogens is 2. The van der Waals surface area contributed by atoms with Crippen molar-refractivity contribution < 1.29 is 4.79 Å². The molecule has 3 fully saturated rings. The minimum atomic E-state index is 0. The van der Waals surface area contributed by atoms with Crippen molar-refractivity contribution in [2.75, 3.05) is 52.4 Å². The smallest absolute Gasteiger partial charge is 0.236 e. The van der Waals surface area contributed by atoms with E-state index in [9.17, 15) is 4.79 Å². The van der Waals surface area contributed by atoms with Crippen LogP contribution in [-0.4, -0.2) is 74.1 Å². The van der Waals surface area contributed by atoms with Crippen LogP contribution >= 0.6 is 24.8 Å². The van der Waals surface area contributed by atoms with E-state index in [0.29, 0.717) is 18.5 Å². The highest BCUT2D eigenvalue weighted by atomic mass is 35.5. The minimum Gasteiger partial charge on any atom is -0.336 e. The molecule has 7 heteroatoms. The second-order valence-electron chi connectivity index (χ2n) is 6.51. The van der Waals surface area contributed by atoms with Gasteiger partial charge in [-0.1, -0.05) is 0 Å². The SMILES string of the molecule is Cl.Cl.O=C1CNCCN1C1CCCN(CC2CCNCC2)C1. The van der Waals surface area contributed by atoms with Gasteiger partial charge in [0.05, 0.1) is 6.54 Å². The maximum atomic E-state index is 12.0. The Morgan fingerprint density at radius 1 is 1.00 bits per heavy atom. The molecule has 2 N–H and O–H groups in total. The van der Waals surface area contributed by atoms with E-state index >= 15 is 0 Å². The van der Waals surface area contributed by atoms with Crippen LogP contribution in [0.5, 0.6) is 0 Å². The van der Waals surface area contributed by atoms with Gasteiger partial charge in [0, 0.05) is 32.2 Å². The van der Waals surface area contributed by atoms with E-state index < -0.39 is 0 Å². The standard InChI is InChI=1S/C15H28N4O.2ClH/c20-15-10-17-7-9-19(15)14-2-1-8-18(12-14)11-13-3-5-16-6-4-13;;/h13-14,16-17H,1-12H2;2*1H. The molecule has 3 saturated heterocycles. The Bertz CT molecular complexity index is 340. The molecule has 5 nitrogen and oxygen atoms in total. The molecule has 1 unspecified atom stereocenters. The zero-order valence-corrected chi connectivity index (χ0v) is 14.9. The van der Waals surface area contributed by atoms with Crippen LogP contribution in [0.2, 0.25) is 0 Å². The molecular formula is C15H30Cl2N4O. The second-order valence-corrected chi connectivity index (χ2v) is 6.51. The van der Waals surface area contributed by atoms with E-state index in [1.807, 2.05) is 0 Å². The number of carbonyl (C=O) groups is 1. The highest BCUT2D eigenvalue weighted by Gasteiger charge is 2.30. The maximum absolute atomic E-state index is 12.0. The molecule has 3 aliphatic rings. The Hall–Kier alpha value is -0.0700. The van der Waals surface area contributed by atoms with E-state index in [4.69, 9.17) is 0 Å². The van der Waals surface area contributed by atoms with Crippen LogP contribution in [0.25, 0.3) is 0 Å². The van der Waals surface area contributed by atoms with E-state index in [1.54, 1.807) is 0 Å². The van der Waals surface area contributed by atoms with E-state index in [-0.39, 0.29) is 24.8 Å². The summed E-state index contributed by atoms with van der Waals surface area (Å²) < 4.78 is 0. The third-order valence-electron chi connectivity index (χ3n) is 5.02. The lowest BCUT2D eigenvalue weighted by molar-refractivity contribution is -0.135. The van der Waals surface area contributed by atoms with Crippen molar-refractivity contribution in [3.63, 3.8) is 0 Å². The number of hydrogen-bond acceptors (Lipinski definition) is 4. The topological polar surface area (TPSA) is 47.6 Å². The molecule has 130 valence electrons. The number of likely N-dealkylation sites (tertiary alicyclic amines) is 1. The van der Waals surface area contributed by atoms with E-state index in [1.165, 1.54) is 51.9 Å². The average molecular weight is 353 g/mol. The summed E-state index contributed by atoms with van der Waals surface area (Å²) in [6, 6.07) is 0.458. The number of nitrogens with one attached hydrogen (secondary N) is 2. The van der Waals surface area contributed by atoms with E-state index in [2.05, 4.69) is 20.4 Å². The molecule has 1 atom stereocenters. The van der Waals surface area contributed by atoms with Crippen molar-refractivity contribution in [1.82, 2.24) is 20.4 Å². The first-order chi connectivity index (χ1) is 9.83. The van der Waals surface area contributed by atoms with Gasteiger partial charge in [-0.2, -0.15) is 0 Å². The van der Waals surface area contributed by atoms with Gasteiger partial charge in [-0.05, 0) is 51.2 Å². The third-order valence-corrected chi connectivity index (χ3v) is 5.02. The summed E-state index contributed by atoms with van der Waals surface area (Å²) in [5, 5.41) is 6.61. The molecular weight excluding hydrogens is 323 g/mol. The Morgan fingerprint density at radius 2 is 1.77 bits per heavy atom. The fourth-order valence-corrected chi connectivity index (χ4v) is 3.89. The molecule has 3 aliphatic heterocycles. The van der Waals surface area contributed by atoms with Crippen molar-refractivity contribution in [2.45, 2.75) is 31.7 Å². The predicted molar refractivity (Wildman–Crippen MR) is 94.1 cm³/mol. The summed E-state index contributed by atoms with van der Waals surface area (Å²) in [7, 11) is 0. The molecule has 0 saturated carbocycles. The van der Waals surface area contributed by atoms with Gasteiger partial charge in [-0.15, -0.1) is 24.8 Å². The quantitative estimate of drug-likeness (QED) is 0.785. The van der Waals surface area contributed by atoms with Crippen LogP contribution in [0.4, 0.5) is 0 Å². The summed E-state index contributed by atoms with van der Waals surface area (Å²) in [5.74, 6) is 1.15. The Kier molecular flexibility index (Phi) is 9.02. The largest absolute Gasteiger partial charge is 0.336 e. The first-order valence-corrected chi connectivity index (χ1v) is 8.26. The van der Waals surface area contributed by atoms with Crippen molar-refractivity contribution >= 4 is 30.7 Å². The molecule has 0 bridgehead atoms. The number of piperazine rings is 1. The van der Waals surface area contributed by atoms with Crippen molar-refractivity contribution in [2.24, 2.45) is 5.92 Å². The third kappa shape index (κ3) is 5.24. The molecule has 22 heavy (non-hydrogen) atoms. The van der Waals surface area contributed by atoms with Crippen molar-refractivity contribution in [3.05, 3.63) is 0 Å². The molecule has 0 aromatic carbocycles. The van der Waals surface area contributed by atoms with Crippen LogP contribution < -0.4 is 10.6 Å². The predicted octanol–water partition coefficient (Wildman–Crippen LogP) is 0.726. The number of nitrogens with zero attached hydrogens (tertiary/aromatic N) is 2. The number of amides is 1.